The number of unbranched alkanes of at least 4 members (excludes halogenated alkanes) is 1. The third-order valence-electron chi connectivity index (χ3n) is 4.63. The molecule has 1 aromatic heterocycles. The Labute approximate surface area is 150 Å². The second-order valence-electron chi connectivity index (χ2n) is 6.45. The van der Waals surface area contributed by atoms with Gasteiger partial charge in [0.05, 0.1) is 5.69 Å². The fourth-order valence-electron chi connectivity index (χ4n) is 3.35. The molecule has 0 atom stereocenters. The Bertz CT molecular complexity index is 1020. The van der Waals surface area contributed by atoms with Gasteiger partial charge in [-0.3, -0.25) is 9.59 Å². The molecule has 2 heterocycles. The van der Waals surface area contributed by atoms with Gasteiger partial charge in [-0.2, -0.15) is 0 Å². The van der Waals surface area contributed by atoms with E-state index in [1.807, 2.05) is 35.2 Å². The van der Waals surface area contributed by atoms with Crippen molar-refractivity contribution >= 4 is 34.0 Å². The summed E-state index contributed by atoms with van der Waals surface area (Å²) in [5, 5.41) is 8.37. The number of benzene rings is 2. The number of aryl methyl sites for hydroxylation is 1. The number of nitrogens with one attached hydrogen (secondary N) is 1. The van der Waals surface area contributed by atoms with Crippen molar-refractivity contribution in [3.05, 3.63) is 53.4 Å². The number of hydrogen-bond acceptors (Lipinski definition) is 4. The summed E-state index contributed by atoms with van der Waals surface area (Å²) in [5.74, 6) is 0.261. The summed E-state index contributed by atoms with van der Waals surface area (Å²) in [6.45, 7) is 4.54. The molecule has 1 aliphatic heterocycles. The zero-order valence-corrected chi connectivity index (χ0v) is 14.7. The van der Waals surface area contributed by atoms with Crippen molar-refractivity contribution in [3.63, 3.8) is 0 Å². The number of nitrogens with zero attached hydrogens (tertiary/aromatic N) is 2. The highest BCUT2D eigenvalue weighted by atomic mass is 16.5. The minimum absolute atomic E-state index is 0.0228. The molecule has 0 saturated heterocycles. The molecule has 0 saturated carbocycles. The molecule has 1 N–H and O–H groups in total. The fourth-order valence-corrected chi connectivity index (χ4v) is 3.35. The lowest BCUT2D eigenvalue weighted by Gasteiger charge is -2.17. The van der Waals surface area contributed by atoms with Gasteiger partial charge in [-0.05, 0) is 31.5 Å². The van der Waals surface area contributed by atoms with E-state index in [9.17, 15) is 9.59 Å². The molecule has 0 aliphatic carbocycles. The Kier molecular flexibility index (Phi) is 3.95. The molecular weight excluding hydrogens is 330 g/mol. The zero-order chi connectivity index (χ0) is 18.3. The smallest absolute Gasteiger partial charge is 0.277 e. The molecule has 3 aromatic rings. The molecule has 6 nitrogen and oxygen atoms in total. The first-order valence-corrected chi connectivity index (χ1v) is 8.72. The zero-order valence-electron chi connectivity index (χ0n) is 14.7. The van der Waals surface area contributed by atoms with Crippen molar-refractivity contribution in [2.24, 2.45) is 0 Å². The number of hydrogen-bond donors (Lipinski definition) is 1. The second kappa shape index (κ2) is 6.29. The first-order valence-electron chi connectivity index (χ1n) is 8.72. The van der Waals surface area contributed by atoms with Gasteiger partial charge in [-0.15, -0.1) is 0 Å². The second-order valence-corrected chi connectivity index (χ2v) is 6.45. The minimum Gasteiger partial charge on any atom is -0.361 e. The molecule has 0 fully saturated rings. The van der Waals surface area contributed by atoms with E-state index in [-0.39, 0.29) is 17.5 Å². The van der Waals surface area contributed by atoms with E-state index in [1.54, 1.807) is 13.0 Å². The molecule has 26 heavy (non-hydrogen) atoms. The van der Waals surface area contributed by atoms with Gasteiger partial charge in [-0.1, -0.05) is 30.6 Å². The summed E-state index contributed by atoms with van der Waals surface area (Å²) >= 11 is 0. The Morgan fingerprint density at radius 3 is 2.85 bits per heavy atom. The minimum atomic E-state index is -0.338. The topological polar surface area (TPSA) is 75.4 Å². The number of rotatable bonds is 5. The molecule has 0 radical (unpaired) electrons. The highest BCUT2D eigenvalue weighted by Crippen LogP contribution is 2.40. The lowest BCUT2D eigenvalue weighted by Crippen LogP contribution is -2.27. The van der Waals surface area contributed by atoms with E-state index in [0.717, 1.165) is 29.3 Å². The normalized spacial score (nSPS) is 12.8. The van der Waals surface area contributed by atoms with Crippen molar-refractivity contribution in [2.75, 3.05) is 16.8 Å². The maximum absolute atomic E-state index is 12.8. The molecule has 6 heteroatoms. The highest BCUT2D eigenvalue weighted by Gasteiger charge is 2.30. The van der Waals surface area contributed by atoms with Crippen LogP contribution in [0.15, 0.2) is 40.9 Å². The van der Waals surface area contributed by atoms with Crippen molar-refractivity contribution in [2.45, 2.75) is 26.7 Å². The molecule has 132 valence electrons. The molecule has 0 unspecified atom stereocenters. The summed E-state index contributed by atoms with van der Waals surface area (Å²) in [7, 11) is 0. The van der Waals surface area contributed by atoms with Gasteiger partial charge in [0.15, 0.2) is 5.69 Å². The maximum atomic E-state index is 12.8. The summed E-state index contributed by atoms with van der Waals surface area (Å²) in [4.78, 5) is 27.0. The average Bonchev–Trinajstić information content (AvgIpc) is 3.19. The molecule has 0 spiro atoms. The van der Waals surface area contributed by atoms with Crippen LogP contribution in [0.5, 0.6) is 0 Å². The Morgan fingerprint density at radius 2 is 2.12 bits per heavy atom. The number of carbonyl (C=O) groups is 2. The van der Waals surface area contributed by atoms with Gasteiger partial charge in [0.1, 0.15) is 5.76 Å². The van der Waals surface area contributed by atoms with Crippen molar-refractivity contribution in [1.29, 1.82) is 0 Å². The first-order chi connectivity index (χ1) is 12.6. The average molecular weight is 349 g/mol. The molecule has 2 aromatic carbocycles. The number of amides is 2. The van der Waals surface area contributed by atoms with E-state index < -0.39 is 0 Å². The maximum Gasteiger partial charge on any atom is 0.277 e. The predicted octanol–water partition coefficient (Wildman–Crippen LogP) is 4.15. The SMILES string of the molecule is CCCCN1C(=O)c2cccc3c(NC(=O)c4cc(C)on4)ccc1c23. The summed E-state index contributed by atoms with van der Waals surface area (Å²) in [6, 6.07) is 10.9. The largest absolute Gasteiger partial charge is 0.361 e. The quantitative estimate of drug-likeness (QED) is 0.751. The molecular formula is C20H19N3O3. The lowest BCUT2D eigenvalue weighted by molar-refractivity contribution is 0.0990. The number of aromatic nitrogens is 1. The standard InChI is InChI=1S/C20H19N3O3/c1-3-4-10-23-17-9-8-15(21-19(24)16-11-12(2)26-22-16)13-6-5-7-14(18(13)17)20(23)25/h5-9,11H,3-4,10H2,1-2H3,(H,21,24). The van der Waals surface area contributed by atoms with Gasteiger partial charge in [0.25, 0.3) is 11.8 Å². The van der Waals surface area contributed by atoms with Crippen LogP contribution in [-0.4, -0.2) is 23.5 Å². The predicted molar refractivity (Wildman–Crippen MR) is 99.7 cm³/mol. The van der Waals surface area contributed by atoms with Crippen LogP contribution in [0.2, 0.25) is 0 Å². The monoisotopic (exact) mass is 349 g/mol. The van der Waals surface area contributed by atoms with E-state index >= 15 is 0 Å². The molecule has 1 aliphatic rings. The summed E-state index contributed by atoms with van der Waals surface area (Å²) in [6.07, 6.45) is 1.97. The third-order valence-corrected chi connectivity index (χ3v) is 4.63. The lowest BCUT2D eigenvalue weighted by atomic mass is 10.0. The third kappa shape index (κ3) is 2.54. The van der Waals surface area contributed by atoms with Crippen LogP contribution in [0.3, 0.4) is 0 Å². The molecule has 4 rings (SSSR count). The Morgan fingerprint density at radius 1 is 1.27 bits per heavy atom. The van der Waals surface area contributed by atoms with Gasteiger partial charge < -0.3 is 14.7 Å². The van der Waals surface area contributed by atoms with Crippen LogP contribution >= 0.6 is 0 Å². The van der Waals surface area contributed by atoms with Crippen LogP contribution in [0.1, 0.15) is 46.4 Å². The Balaban J connectivity index is 1.74. The Hall–Kier alpha value is -3.15. The number of carbonyl (C=O) groups excluding carboxylic acids is 2. The van der Waals surface area contributed by atoms with E-state index in [1.165, 1.54) is 0 Å². The van der Waals surface area contributed by atoms with Crippen LogP contribution < -0.4 is 10.2 Å². The van der Waals surface area contributed by atoms with Crippen molar-refractivity contribution < 1.29 is 14.1 Å². The van der Waals surface area contributed by atoms with E-state index in [2.05, 4.69) is 17.4 Å². The van der Waals surface area contributed by atoms with Crippen LogP contribution in [0.4, 0.5) is 11.4 Å². The summed E-state index contributed by atoms with van der Waals surface area (Å²) in [5.41, 5.74) is 2.47. The van der Waals surface area contributed by atoms with Gasteiger partial charge in [-0.25, -0.2) is 0 Å². The van der Waals surface area contributed by atoms with Crippen LogP contribution in [0.25, 0.3) is 10.8 Å². The number of anilines is 2. The molecule has 0 bridgehead atoms. The van der Waals surface area contributed by atoms with E-state index in [0.29, 0.717) is 23.6 Å². The van der Waals surface area contributed by atoms with Gasteiger partial charge in [0, 0.05) is 34.6 Å². The van der Waals surface area contributed by atoms with Gasteiger partial charge in [0.2, 0.25) is 0 Å². The van der Waals surface area contributed by atoms with Gasteiger partial charge >= 0.3 is 0 Å². The summed E-state index contributed by atoms with van der Waals surface area (Å²) < 4.78 is 4.96. The van der Waals surface area contributed by atoms with Crippen LogP contribution in [0, 0.1) is 6.92 Å². The van der Waals surface area contributed by atoms with Crippen molar-refractivity contribution in [1.82, 2.24) is 5.16 Å². The fraction of sp³-hybridized carbons (Fsp3) is 0.250. The highest BCUT2D eigenvalue weighted by molar-refractivity contribution is 6.27. The van der Waals surface area contributed by atoms with Crippen LogP contribution in [-0.2, 0) is 0 Å². The first kappa shape index (κ1) is 16.3. The van der Waals surface area contributed by atoms with Crippen molar-refractivity contribution in [3.8, 4) is 0 Å². The molecule has 2 amide bonds. The van der Waals surface area contributed by atoms with E-state index in [4.69, 9.17) is 4.52 Å².